The van der Waals surface area contributed by atoms with Crippen molar-refractivity contribution in [1.29, 1.82) is 0 Å². The van der Waals surface area contributed by atoms with Crippen molar-refractivity contribution < 1.29 is 50.6 Å². The molecule has 4 rings (SSSR count). The number of alkyl halides is 6. The summed E-state index contributed by atoms with van der Waals surface area (Å²) in [6, 6.07) is 7.07. The van der Waals surface area contributed by atoms with Crippen molar-refractivity contribution in [2.24, 2.45) is 5.41 Å². The van der Waals surface area contributed by atoms with Gasteiger partial charge in [-0.3, -0.25) is 9.80 Å². The second kappa shape index (κ2) is 12.8. The van der Waals surface area contributed by atoms with E-state index in [4.69, 9.17) is 24.2 Å². The van der Waals surface area contributed by atoms with Crippen molar-refractivity contribution in [3.63, 3.8) is 0 Å². The fourth-order valence-electron chi connectivity index (χ4n) is 4.51. The molecule has 2 fully saturated rings. The lowest BCUT2D eigenvalue weighted by Crippen LogP contribution is -2.57. The van der Waals surface area contributed by atoms with Gasteiger partial charge in [-0.2, -0.15) is 37.7 Å². The van der Waals surface area contributed by atoms with Gasteiger partial charge in [-0.1, -0.05) is 0 Å². The minimum Gasteiger partial charge on any atom is -0.475 e. The predicted molar refractivity (Wildman–Crippen MR) is 122 cm³/mol. The average molecular weight is 559 g/mol. The van der Waals surface area contributed by atoms with Gasteiger partial charge in [0.25, 0.3) is 0 Å². The lowest BCUT2D eigenvalue weighted by molar-refractivity contribution is -0.193. The molecule has 14 heteroatoms. The number of carbonyl (C=O) groups is 2. The summed E-state index contributed by atoms with van der Waals surface area (Å²) in [6.07, 6.45) is -2.93. The van der Waals surface area contributed by atoms with Crippen LogP contribution in [0.4, 0.5) is 26.3 Å². The molecular weight excluding hydrogens is 530 g/mol. The molecule has 2 aromatic heterocycles. The zero-order valence-corrected chi connectivity index (χ0v) is 20.7. The molecule has 2 aliphatic rings. The lowest BCUT2D eigenvalue weighted by atomic mass is 9.58. The van der Waals surface area contributed by atoms with Crippen LogP contribution in [-0.4, -0.2) is 70.5 Å². The molecule has 2 aromatic rings. The minimum absolute atomic E-state index is 0.562. The van der Waals surface area contributed by atoms with Gasteiger partial charge in [0.05, 0.1) is 12.8 Å². The van der Waals surface area contributed by atoms with E-state index in [0.717, 1.165) is 24.9 Å². The summed E-state index contributed by atoms with van der Waals surface area (Å²) in [5.74, 6) is -4.43. The molecule has 208 valence electrons. The van der Waals surface area contributed by atoms with Crippen LogP contribution in [0.2, 0.25) is 0 Å². The van der Waals surface area contributed by atoms with Crippen LogP contribution >= 0.6 is 11.3 Å². The van der Waals surface area contributed by atoms with E-state index in [1.165, 1.54) is 44.3 Å². The smallest absolute Gasteiger partial charge is 0.475 e. The van der Waals surface area contributed by atoms with Crippen molar-refractivity contribution in [1.82, 2.24) is 9.80 Å². The highest BCUT2D eigenvalue weighted by atomic mass is 32.1. The van der Waals surface area contributed by atoms with Crippen molar-refractivity contribution in [3.05, 3.63) is 46.5 Å². The van der Waals surface area contributed by atoms with Crippen molar-refractivity contribution in [2.45, 2.75) is 57.2 Å². The molecule has 1 saturated heterocycles. The maximum absolute atomic E-state index is 10.6. The normalized spacial score (nSPS) is 19.3. The Balaban J connectivity index is 0.000000286. The van der Waals surface area contributed by atoms with Crippen molar-refractivity contribution in [2.75, 3.05) is 20.1 Å². The Morgan fingerprint density at radius 3 is 2.03 bits per heavy atom. The molecule has 1 unspecified atom stereocenters. The number of carboxylic acids is 2. The van der Waals surface area contributed by atoms with E-state index in [9.17, 15) is 26.3 Å². The van der Waals surface area contributed by atoms with E-state index in [0.29, 0.717) is 5.41 Å². The fraction of sp³-hybridized carbons (Fsp3) is 0.565. The molecule has 37 heavy (non-hydrogen) atoms. The number of piperidine rings is 1. The monoisotopic (exact) mass is 558 g/mol. The lowest BCUT2D eigenvalue weighted by Gasteiger charge is -2.57. The Kier molecular flexibility index (Phi) is 10.6. The van der Waals surface area contributed by atoms with E-state index in [1.807, 2.05) is 17.4 Å². The van der Waals surface area contributed by atoms with Gasteiger partial charge in [0.15, 0.2) is 0 Å². The highest BCUT2D eigenvalue weighted by molar-refractivity contribution is 7.07. The molecule has 7 nitrogen and oxygen atoms in total. The molecule has 1 spiro atoms. The van der Waals surface area contributed by atoms with Crippen LogP contribution in [0.5, 0.6) is 0 Å². The Morgan fingerprint density at radius 2 is 1.65 bits per heavy atom. The summed E-state index contributed by atoms with van der Waals surface area (Å²) >= 11 is 1.81. The summed E-state index contributed by atoms with van der Waals surface area (Å²) in [5.41, 5.74) is 2.04. The first-order valence-corrected chi connectivity index (χ1v) is 12.1. The molecule has 1 aliphatic carbocycles. The van der Waals surface area contributed by atoms with Crippen LogP contribution in [-0.2, 0) is 22.7 Å². The van der Waals surface area contributed by atoms with Crippen molar-refractivity contribution >= 4 is 23.3 Å². The van der Waals surface area contributed by atoms with Crippen LogP contribution in [0.15, 0.2) is 39.6 Å². The first-order chi connectivity index (χ1) is 17.1. The van der Waals surface area contributed by atoms with Gasteiger partial charge >= 0.3 is 24.3 Å². The molecular formula is C23H28F6N2O5S. The van der Waals surface area contributed by atoms with Gasteiger partial charge in [-0.15, -0.1) is 0 Å². The number of aliphatic carboxylic acids is 2. The van der Waals surface area contributed by atoms with Gasteiger partial charge < -0.3 is 14.6 Å². The van der Waals surface area contributed by atoms with Crippen LogP contribution in [0.25, 0.3) is 0 Å². The highest BCUT2D eigenvalue weighted by Gasteiger charge is 2.49. The van der Waals surface area contributed by atoms with E-state index in [2.05, 4.69) is 39.7 Å². The molecule has 1 saturated carbocycles. The van der Waals surface area contributed by atoms with Crippen LogP contribution in [0, 0.1) is 5.41 Å². The van der Waals surface area contributed by atoms with Gasteiger partial charge in [0.1, 0.15) is 5.76 Å². The minimum atomic E-state index is -5.08. The number of rotatable bonds is 5. The summed E-state index contributed by atoms with van der Waals surface area (Å²) in [7, 11) is 2.27. The van der Waals surface area contributed by atoms with Gasteiger partial charge in [0, 0.05) is 12.6 Å². The van der Waals surface area contributed by atoms with E-state index in [-0.39, 0.29) is 0 Å². The van der Waals surface area contributed by atoms with Gasteiger partial charge in [-0.25, -0.2) is 9.59 Å². The SMILES string of the molecule is CN(Cc1ccco1)C1CCC12CCN(Cc1ccsc1)CC2.O=C(O)C(F)(F)F.O=C(O)C(F)(F)F. The number of thiophene rings is 1. The maximum atomic E-state index is 10.6. The molecule has 0 amide bonds. The Labute approximate surface area is 213 Å². The number of nitrogens with zero attached hydrogens (tertiary/aromatic N) is 2. The molecule has 0 radical (unpaired) electrons. The van der Waals surface area contributed by atoms with Gasteiger partial charge in [0.2, 0.25) is 0 Å². The predicted octanol–water partition coefficient (Wildman–Crippen LogP) is 5.48. The zero-order chi connectivity index (χ0) is 27.9. The van der Waals surface area contributed by atoms with E-state index < -0.39 is 24.3 Å². The number of hydrogen-bond donors (Lipinski definition) is 2. The third-order valence-electron chi connectivity index (χ3n) is 6.46. The molecule has 1 aliphatic heterocycles. The average Bonchev–Trinajstić information content (AvgIpc) is 3.47. The highest BCUT2D eigenvalue weighted by Crippen LogP contribution is 2.51. The third kappa shape index (κ3) is 9.34. The largest absolute Gasteiger partial charge is 0.490 e. The molecule has 0 bridgehead atoms. The Hall–Kier alpha value is -2.58. The summed E-state index contributed by atoms with van der Waals surface area (Å²) in [6.45, 7) is 4.58. The van der Waals surface area contributed by atoms with Gasteiger partial charge in [-0.05, 0) is 85.8 Å². The molecule has 2 N–H and O–H groups in total. The topological polar surface area (TPSA) is 94.2 Å². The van der Waals surface area contributed by atoms with Crippen LogP contribution in [0.3, 0.4) is 0 Å². The Bertz CT molecular complexity index is 947. The number of likely N-dealkylation sites (tertiary alicyclic amines) is 1. The standard InChI is InChI=1S/C19H26N2OS.2C2HF3O2/c1-20(14-17-3-2-11-22-17)18-4-6-19(18)7-9-21(10-8-19)13-16-5-12-23-15-16;2*3-2(4,5)1(6)7/h2-3,5,11-12,15,18H,4,6-10,13-14H2,1H3;2*(H,6,7). The van der Waals surface area contributed by atoms with E-state index >= 15 is 0 Å². The third-order valence-corrected chi connectivity index (χ3v) is 7.20. The second-order valence-corrected chi connectivity index (χ2v) is 9.70. The van der Waals surface area contributed by atoms with Crippen LogP contribution < -0.4 is 0 Å². The number of furan rings is 1. The molecule has 3 heterocycles. The maximum Gasteiger partial charge on any atom is 0.490 e. The van der Waals surface area contributed by atoms with Crippen molar-refractivity contribution in [3.8, 4) is 0 Å². The number of hydrogen-bond acceptors (Lipinski definition) is 6. The number of halogens is 6. The number of carboxylic acid groups (broad SMARTS) is 2. The fourth-order valence-corrected chi connectivity index (χ4v) is 5.17. The second-order valence-electron chi connectivity index (χ2n) is 8.92. The molecule has 1 atom stereocenters. The molecule has 0 aromatic carbocycles. The Morgan fingerprint density at radius 1 is 1.08 bits per heavy atom. The van der Waals surface area contributed by atoms with E-state index in [1.54, 1.807) is 6.26 Å². The summed E-state index contributed by atoms with van der Waals surface area (Å²) in [5, 5.41) is 18.7. The first kappa shape index (κ1) is 30.6. The summed E-state index contributed by atoms with van der Waals surface area (Å²) in [4.78, 5) is 23.0. The zero-order valence-electron chi connectivity index (χ0n) is 19.9. The van der Waals surface area contributed by atoms with Crippen LogP contribution in [0.1, 0.15) is 37.0 Å². The first-order valence-electron chi connectivity index (χ1n) is 11.2. The quantitative estimate of drug-likeness (QED) is 0.469. The summed E-state index contributed by atoms with van der Waals surface area (Å²) < 4.78 is 69.0.